The molecule has 0 saturated carbocycles. The first-order valence-corrected chi connectivity index (χ1v) is 7.08. The van der Waals surface area contributed by atoms with Gasteiger partial charge in [-0.25, -0.2) is 4.79 Å². The van der Waals surface area contributed by atoms with Gasteiger partial charge >= 0.3 is 12.1 Å². The molecule has 1 amide bonds. The van der Waals surface area contributed by atoms with Crippen LogP contribution >= 0.6 is 0 Å². The summed E-state index contributed by atoms with van der Waals surface area (Å²) >= 11 is 0. The molecule has 1 atom stereocenters. The Balaban J connectivity index is 3.44. The molecule has 116 valence electrons. The molecule has 5 heteroatoms. The molecule has 20 heavy (non-hydrogen) atoms. The van der Waals surface area contributed by atoms with E-state index in [0.29, 0.717) is 12.8 Å². The minimum absolute atomic E-state index is 0.279. The molecule has 1 saturated heterocycles. The number of carbonyl (C=O) groups is 2. The lowest BCUT2D eigenvalue weighted by molar-refractivity contribution is -0.154. The van der Waals surface area contributed by atoms with Crippen LogP contribution in [0.2, 0.25) is 0 Å². The van der Waals surface area contributed by atoms with Crippen molar-refractivity contribution in [2.75, 3.05) is 6.54 Å². The zero-order chi connectivity index (χ0) is 15.9. The number of carboxylic acid groups (broad SMARTS) is 2. The summed E-state index contributed by atoms with van der Waals surface area (Å²) in [6.07, 6.45) is -0.212. The maximum Gasteiger partial charge on any atom is 0.407 e. The standard InChI is InChI=1S/C15H27NO4/c1-13(2,3)15(14(4,5)6)9-10(11(17)18)7-8-16(15)12(19)20/h10H,7-9H2,1-6H3,(H,17,18)(H,19,20). The summed E-state index contributed by atoms with van der Waals surface area (Å²) in [7, 11) is 0. The fraction of sp³-hybridized carbons (Fsp3) is 0.867. The molecule has 5 nitrogen and oxygen atoms in total. The number of carboxylic acids is 1. The topological polar surface area (TPSA) is 77.8 Å². The van der Waals surface area contributed by atoms with Gasteiger partial charge in [-0.05, 0) is 23.7 Å². The van der Waals surface area contributed by atoms with Gasteiger partial charge in [0, 0.05) is 6.54 Å². The van der Waals surface area contributed by atoms with Crippen molar-refractivity contribution in [1.82, 2.24) is 4.90 Å². The van der Waals surface area contributed by atoms with Gasteiger partial charge in [-0.3, -0.25) is 4.79 Å². The highest BCUT2D eigenvalue weighted by Gasteiger charge is 2.59. The van der Waals surface area contributed by atoms with Crippen LogP contribution in [-0.4, -0.2) is 39.3 Å². The Bertz CT molecular complexity index is 389. The Morgan fingerprint density at radius 3 is 1.80 bits per heavy atom. The summed E-state index contributed by atoms with van der Waals surface area (Å²) in [5.74, 6) is -1.31. The van der Waals surface area contributed by atoms with E-state index in [9.17, 15) is 19.8 Å². The van der Waals surface area contributed by atoms with E-state index < -0.39 is 23.5 Å². The zero-order valence-electron chi connectivity index (χ0n) is 13.4. The molecule has 1 aliphatic heterocycles. The number of amides is 1. The third kappa shape index (κ3) is 2.50. The lowest BCUT2D eigenvalue weighted by Gasteiger charge is -2.61. The van der Waals surface area contributed by atoms with E-state index in [1.165, 1.54) is 4.90 Å². The first kappa shape index (κ1) is 16.8. The lowest BCUT2D eigenvalue weighted by Crippen LogP contribution is -2.69. The third-order valence-electron chi connectivity index (χ3n) is 4.77. The van der Waals surface area contributed by atoms with Crippen LogP contribution in [-0.2, 0) is 4.79 Å². The molecule has 1 rings (SSSR count). The second kappa shape index (κ2) is 4.93. The molecule has 0 aromatic heterocycles. The van der Waals surface area contributed by atoms with E-state index in [1.54, 1.807) is 0 Å². The average molecular weight is 285 g/mol. The highest BCUT2D eigenvalue weighted by Crippen LogP contribution is 2.54. The Morgan fingerprint density at radius 1 is 1.05 bits per heavy atom. The van der Waals surface area contributed by atoms with E-state index in [1.807, 2.05) is 41.5 Å². The van der Waals surface area contributed by atoms with Gasteiger partial charge in [0.25, 0.3) is 0 Å². The van der Waals surface area contributed by atoms with Crippen molar-refractivity contribution >= 4 is 12.1 Å². The van der Waals surface area contributed by atoms with Gasteiger partial charge in [-0.1, -0.05) is 41.5 Å². The first-order valence-electron chi connectivity index (χ1n) is 7.08. The zero-order valence-corrected chi connectivity index (χ0v) is 13.4. The maximum atomic E-state index is 11.7. The van der Waals surface area contributed by atoms with Crippen LogP contribution in [0, 0.1) is 16.7 Å². The van der Waals surface area contributed by atoms with Gasteiger partial charge in [0.1, 0.15) is 0 Å². The fourth-order valence-electron chi connectivity index (χ4n) is 4.06. The summed E-state index contributed by atoms with van der Waals surface area (Å²) < 4.78 is 0. The van der Waals surface area contributed by atoms with E-state index in [0.717, 1.165) is 0 Å². The number of rotatable bonds is 1. The van der Waals surface area contributed by atoms with Crippen LogP contribution in [0.1, 0.15) is 54.4 Å². The maximum absolute atomic E-state index is 11.7. The molecular weight excluding hydrogens is 258 g/mol. The molecular formula is C15H27NO4. The quantitative estimate of drug-likeness (QED) is 0.775. The minimum atomic E-state index is -0.960. The van der Waals surface area contributed by atoms with E-state index in [-0.39, 0.29) is 17.4 Å². The van der Waals surface area contributed by atoms with E-state index in [2.05, 4.69) is 0 Å². The first-order chi connectivity index (χ1) is 8.84. The lowest BCUT2D eigenvalue weighted by atomic mass is 9.54. The van der Waals surface area contributed by atoms with Crippen molar-refractivity contribution in [2.45, 2.75) is 59.9 Å². The van der Waals surface area contributed by atoms with Crippen LogP contribution < -0.4 is 0 Å². The highest BCUT2D eigenvalue weighted by molar-refractivity contribution is 5.72. The van der Waals surface area contributed by atoms with E-state index >= 15 is 0 Å². The molecule has 0 bridgehead atoms. The van der Waals surface area contributed by atoms with E-state index in [4.69, 9.17) is 0 Å². The van der Waals surface area contributed by atoms with Gasteiger partial charge in [0.2, 0.25) is 0 Å². The SMILES string of the molecule is CC(C)(C)C1(C(C)(C)C)CC(C(=O)O)CCN1C(=O)O. The molecule has 0 radical (unpaired) electrons. The van der Waals surface area contributed by atoms with Gasteiger partial charge in [0.05, 0.1) is 11.5 Å². The highest BCUT2D eigenvalue weighted by atomic mass is 16.4. The summed E-state index contributed by atoms with van der Waals surface area (Å²) in [5, 5.41) is 19.0. The molecule has 1 fully saturated rings. The normalized spacial score (nSPS) is 23.5. The average Bonchev–Trinajstić information content (AvgIpc) is 2.24. The summed E-state index contributed by atoms with van der Waals surface area (Å²) in [5.41, 5.74) is -1.40. The van der Waals surface area contributed by atoms with Gasteiger partial charge in [-0.15, -0.1) is 0 Å². The molecule has 0 aliphatic carbocycles. The molecule has 1 aliphatic rings. The molecule has 0 aromatic rings. The molecule has 0 aromatic carbocycles. The summed E-state index contributed by atoms with van der Waals surface area (Å²) in [6.45, 7) is 12.3. The Labute approximate surface area is 121 Å². The number of hydrogen-bond acceptors (Lipinski definition) is 2. The van der Waals surface area contributed by atoms with Crippen molar-refractivity contribution in [3.63, 3.8) is 0 Å². The monoisotopic (exact) mass is 285 g/mol. The molecule has 1 unspecified atom stereocenters. The predicted molar refractivity (Wildman–Crippen MR) is 76.7 cm³/mol. The number of aliphatic carboxylic acids is 1. The second-order valence-electron chi connectivity index (χ2n) is 7.82. The van der Waals surface area contributed by atoms with Crippen molar-refractivity contribution in [1.29, 1.82) is 0 Å². The van der Waals surface area contributed by atoms with Crippen LogP contribution in [0.5, 0.6) is 0 Å². The Hall–Kier alpha value is -1.26. The van der Waals surface area contributed by atoms with Gasteiger partial charge in [-0.2, -0.15) is 0 Å². The predicted octanol–water partition coefficient (Wildman–Crippen LogP) is 3.29. The van der Waals surface area contributed by atoms with Crippen LogP contribution in [0.15, 0.2) is 0 Å². The van der Waals surface area contributed by atoms with Crippen LogP contribution in [0.4, 0.5) is 4.79 Å². The van der Waals surface area contributed by atoms with Crippen molar-refractivity contribution in [3.05, 3.63) is 0 Å². The van der Waals surface area contributed by atoms with Crippen molar-refractivity contribution in [2.24, 2.45) is 16.7 Å². The molecule has 0 spiro atoms. The summed E-state index contributed by atoms with van der Waals surface area (Å²) in [6, 6.07) is 0. The van der Waals surface area contributed by atoms with Crippen LogP contribution in [0.25, 0.3) is 0 Å². The fourth-order valence-corrected chi connectivity index (χ4v) is 4.06. The Kier molecular flexibility index (Phi) is 4.14. The van der Waals surface area contributed by atoms with Crippen LogP contribution in [0.3, 0.4) is 0 Å². The van der Waals surface area contributed by atoms with Gasteiger partial charge in [0.15, 0.2) is 0 Å². The second-order valence-corrected chi connectivity index (χ2v) is 7.82. The Morgan fingerprint density at radius 2 is 1.50 bits per heavy atom. The van der Waals surface area contributed by atoms with Gasteiger partial charge < -0.3 is 15.1 Å². The van der Waals surface area contributed by atoms with Crippen molar-refractivity contribution < 1.29 is 19.8 Å². The number of piperidine rings is 1. The molecule has 1 heterocycles. The number of hydrogen-bond donors (Lipinski definition) is 2. The minimum Gasteiger partial charge on any atom is -0.481 e. The third-order valence-corrected chi connectivity index (χ3v) is 4.77. The number of nitrogens with zero attached hydrogens (tertiary/aromatic N) is 1. The molecule has 2 N–H and O–H groups in total. The number of likely N-dealkylation sites (tertiary alicyclic amines) is 1. The smallest absolute Gasteiger partial charge is 0.407 e. The van der Waals surface area contributed by atoms with Crippen molar-refractivity contribution in [3.8, 4) is 0 Å². The largest absolute Gasteiger partial charge is 0.481 e. The summed E-state index contributed by atoms with van der Waals surface area (Å²) in [4.78, 5) is 24.6.